The number of ether oxygens (including phenoxy) is 2. The van der Waals surface area contributed by atoms with Crippen LogP contribution in [0.15, 0.2) is 60.7 Å². The van der Waals surface area contributed by atoms with E-state index in [1.807, 2.05) is 0 Å². The molecule has 0 heterocycles. The average Bonchev–Trinajstić information content (AvgIpc) is 3.32. The molecule has 2 amide bonds. The number of halogens is 2. The quantitative estimate of drug-likeness (QED) is 0.366. The predicted molar refractivity (Wildman–Crippen MR) is 136 cm³/mol. The average molecular weight is 529 g/mol. The lowest BCUT2D eigenvalue weighted by Crippen LogP contribution is -2.22. The summed E-state index contributed by atoms with van der Waals surface area (Å²) >= 11 is 11.7. The van der Waals surface area contributed by atoms with E-state index in [1.165, 1.54) is 0 Å². The standard InChI is InChI=1S/C26H22Cl2N2O6/c27-16-1-5-18(6-2-16)35-13-24(31)29-22-9-10-23(21-12-15(26(33)34)11-20(21)22)30-25(32)14-36-19-7-3-17(28)4-8-19/h1-10,15H,11-14H2,(H,29,31)(H,30,32)(H,33,34). The summed E-state index contributed by atoms with van der Waals surface area (Å²) in [7, 11) is 0. The van der Waals surface area contributed by atoms with Crippen molar-refractivity contribution in [2.45, 2.75) is 12.8 Å². The summed E-state index contributed by atoms with van der Waals surface area (Å²) in [5.74, 6) is -1.44. The first-order chi connectivity index (χ1) is 17.3. The van der Waals surface area contributed by atoms with Crippen LogP contribution in [0.25, 0.3) is 0 Å². The second-order valence-electron chi connectivity index (χ2n) is 8.14. The summed E-state index contributed by atoms with van der Waals surface area (Å²) in [5, 5.41) is 16.2. The van der Waals surface area contributed by atoms with Crippen molar-refractivity contribution in [3.05, 3.63) is 81.8 Å². The highest BCUT2D eigenvalue weighted by Gasteiger charge is 2.32. The molecule has 36 heavy (non-hydrogen) atoms. The summed E-state index contributed by atoms with van der Waals surface area (Å²) in [5.41, 5.74) is 2.29. The van der Waals surface area contributed by atoms with Gasteiger partial charge in [-0.05, 0) is 84.6 Å². The van der Waals surface area contributed by atoms with Crippen molar-refractivity contribution in [1.29, 1.82) is 0 Å². The number of carbonyl (C=O) groups excluding carboxylic acids is 2. The van der Waals surface area contributed by atoms with E-state index in [4.69, 9.17) is 32.7 Å². The number of nitrogens with one attached hydrogen (secondary N) is 2. The molecule has 8 nitrogen and oxygen atoms in total. The Morgan fingerprint density at radius 2 is 1.11 bits per heavy atom. The molecule has 0 aliphatic heterocycles. The van der Waals surface area contributed by atoms with Gasteiger partial charge in [-0.15, -0.1) is 0 Å². The lowest BCUT2D eigenvalue weighted by Gasteiger charge is -2.15. The van der Waals surface area contributed by atoms with Crippen molar-refractivity contribution in [2.24, 2.45) is 5.92 Å². The number of rotatable bonds is 9. The highest BCUT2D eigenvalue weighted by atomic mass is 35.5. The molecular weight excluding hydrogens is 507 g/mol. The van der Waals surface area contributed by atoms with Crippen LogP contribution in [0, 0.1) is 5.92 Å². The number of hydrogen-bond acceptors (Lipinski definition) is 5. The van der Waals surface area contributed by atoms with Crippen LogP contribution < -0.4 is 20.1 Å². The zero-order chi connectivity index (χ0) is 25.7. The number of carboxylic acids is 1. The largest absolute Gasteiger partial charge is 0.484 e. The van der Waals surface area contributed by atoms with Crippen molar-refractivity contribution in [3.8, 4) is 11.5 Å². The molecule has 3 aromatic carbocycles. The van der Waals surface area contributed by atoms with E-state index in [1.54, 1.807) is 60.7 Å². The number of anilines is 2. The maximum absolute atomic E-state index is 12.5. The number of hydrogen-bond donors (Lipinski definition) is 3. The minimum Gasteiger partial charge on any atom is -0.484 e. The van der Waals surface area contributed by atoms with E-state index in [0.717, 1.165) is 0 Å². The van der Waals surface area contributed by atoms with E-state index >= 15 is 0 Å². The van der Waals surface area contributed by atoms with Gasteiger partial charge in [-0.2, -0.15) is 0 Å². The van der Waals surface area contributed by atoms with E-state index in [9.17, 15) is 19.5 Å². The SMILES string of the molecule is O=C(COc1ccc(Cl)cc1)Nc1ccc(NC(=O)COc2ccc(Cl)cc2)c2c1CC(C(=O)O)C2. The van der Waals surface area contributed by atoms with Crippen LogP contribution in [0.3, 0.4) is 0 Å². The monoisotopic (exact) mass is 528 g/mol. The molecule has 0 unspecified atom stereocenters. The fraction of sp³-hybridized carbons (Fsp3) is 0.192. The lowest BCUT2D eigenvalue weighted by molar-refractivity contribution is -0.141. The van der Waals surface area contributed by atoms with Crippen LogP contribution in [0.1, 0.15) is 11.1 Å². The van der Waals surface area contributed by atoms with Gasteiger partial charge in [0.2, 0.25) is 0 Å². The molecule has 10 heteroatoms. The molecular formula is C26H22Cl2N2O6. The van der Waals surface area contributed by atoms with Crippen LogP contribution in [0.4, 0.5) is 11.4 Å². The Bertz CT molecular complexity index is 1190. The Balaban J connectivity index is 1.43. The topological polar surface area (TPSA) is 114 Å². The molecule has 1 aliphatic rings. The van der Waals surface area contributed by atoms with Crippen LogP contribution >= 0.6 is 23.2 Å². The fourth-order valence-electron chi connectivity index (χ4n) is 3.87. The molecule has 0 radical (unpaired) electrons. The van der Waals surface area contributed by atoms with Crippen LogP contribution in [-0.2, 0) is 27.2 Å². The van der Waals surface area contributed by atoms with E-state index < -0.39 is 23.7 Å². The van der Waals surface area contributed by atoms with Crippen molar-refractivity contribution < 1.29 is 29.0 Å². The lowest BCUT2D eigenvalue weighted by atomic mass is 10.1. The molecule has 0 atom stereocenters. The highest BCUT2D eigenvalue weighted by molar-refractivity contribution is 6.30. The molecule has 0 saturated heterocycles. The molecule has 3 aromatic rings. The minimum atomic E-state index is -0.946. The number of carboxylic acid groups (broad SMARTS) is 1. The first-order valence-corrected chi connectivity index (χ1v) is 11.8. The van der Waals surface area contributed by atoms with E-state index in [2.05, 4.69) is 10.6 Å². The summed E-state index contributed by atoms with van der Waals surface area (Å²) in [6.45, 7) is -0.474. The second-order valence-corrected chi connectivity index (χ2v) is 9.02. The maximum Gasteiger partial charge on any atom is 0.307 e. The number of fused-ring (bicyclic) bond motifs is 1. The Hall–Kier alpha value is -3.75. The summed E-state index contributed by atoms with van der Waals surface area (Å²) in [6.07, 6.45) is 0.451. The van der Waals surface area contributed by atoms with Crippen molar-refractivity contribution in [2.75, 3.05) is 23.8 Å². The third kappa shape index (κ3) is 6.47. The van der Waals surface area contributed by atoms with Crippen molar-refractivity contribution in [1.82, 2.24) is 0 Å². The van der Waals surface area contributed by atoms with Gasteiger partial charge in [0.15, 0.2) is 13.2 Å². The number of amides is 2. The van der Waals surface area contributed by atoms with Gasteiger partial charge in [0.1, 0.15) is 11.5 Å². The van der Waals surface area contributed by atoms with E-state index in [-0.39, 0.29) is 26.1 Å². The van der Waals surface area contributed by atoms with Gasteiger partial charge in [-0.1, -0.05) is 23.2 Å². The van der Waals surface area contributed by atoms with Crippen molar-refractivity contribution in [3.63, 3.8) is 0 Å². The van der Waals surface area contributed by atoms with Gasteiger partial charge in [-0.3, -0.25) is 14.4 Å². The molecule has 1 aliphatic carbocycles. The summed E-state index contributed by atoms with van der Waals surface area (Å²) < 4.78 is 11.0. The molecule has 0 aromatic heterocycles. The Morgan fingerprint density at radius 3 is 1.47 bits per heavy atom. The number of aliphatic carboxylic acids is 1. The van der Waals surface area contributed by atoms with Crippen molar-refractivity contribution >= 4 is 52.4 Å². The third-order valence-corrected chi connectivity index (χ3v) is 6.10. The molecule has 0 saturated carbocycles. The van der Waals surface area contributed by atoms with Gasteiger partial charge in [0.05, 0.1) is 5.92 Å². The van der Waals surface area contributed by atoms with Gasteiger partial charge >= 0.3 is 5.97 Å². The normalized spacial score (nSPS) is 12.5. The third-order valence-electron chi connectivity index (χ3n) is 5.60. The van der Waals surface area contributed by atoms with E-state index in [0.29, 0.717) is 44.0 Å². The second kappa shape index (κ2) is 11.3. The Labute approximate surface area is 217 Å². The van der Waals surface area contributed by atoms with Gasteiger partial charge in [-0.25, -0.2) is 0 Å². The molecule has 3 N–H and O–H groups in total. The summed E-state index contributed by atoms with van der Waals surface area (Å²) in [4.78, 5) is 36.7. The molecule has 0 bridgehead atoms. The van der Waals surface area contributed by atoms with Crippen LogP contribution in [0.2, 0.25) is 10.0 Å². The fourth-order valence-corrected chi connectivity index (χ4v) is 4.12. The zero-order valence-corrected chi connectivity index (χ0v) is 20.4. The highest BCUT2D eigenvalue weighted by Crippen LogP contribution is 2.37. The smallest absolute Gasteiger partial charge is 0.307 e. The van der Waals surface area contributed by atoms with Gasteiger partial charge < -0.3 is 25.2 Å². The zero-order valence-electron chi connectivity index (χ0n) is 18.9. The predicted octanol–water partition coefficient (Wildman–Crippen LogP) is 4.83. The van der Waals surface area contributed by atoms with Gasteiger partial charge in [0.25, 0.3) is 11.8 Å². The van der Waals surface area contributed by atoms with Crippen LogP contribution in [0.5, 0.6) is 11.5 Å². The molecule has 0 spiro atoms. The van der Waals surface area contributed by atoms with Gasteiger partial charge in [0, 0.05) is 21.4 Å². The first-order valence-electron chi connectivity index (χ1n) is 11.0. The Morgan fingerprint density at radius 1 is 0.722 bits per heavy atom. The molecule has 4 rings (SSSR count). The minimum absolute atomic E-state index is 0.226. The molecule has 186 valence electrons. The van der Waals surface area contributed by atoms with Crippen LogP contribution in [-0.4, -0.2) is 36.1 Å². The maximum atomic E-state index is 12.5. The summed E-state index contributed by atoms with van der Waals surface area (Å²) in [6, 6.07) is 16.5. The molecule has 0 fully saturated rings. The number of benzene rings is 3. The first kappa shape index (κ1) is 25.3. The number of carbonyl (C=O) groups is 3. The Kier molecular flexibility index (Phi) is 7.97.